The highest BCUT2D eigenvalue weighted by Gasteiger charge is 2.21. The minimum atomic E-state index is -0.687. The molecule has 0 atom stereocenters. The van der Waals surface area contributed by atoms with Gasteiger partial charge in [-0.3, -0.25) is 4.40 Å². The van der Waals surface area contributed by atoms with Gasteiger partial charge in [-0.2, -0.15) is 0 Å². The third kappa shape index (κ3) is 2.56. The van der Waals surface area contributed by atoms with E-state index in [4.69, 9.17) is 4.52 Å². The molecule has 3 heterocycles. The summed E-state index contributed by atoms with van der Waals surface area (Å²) in [4.78, 5) is 0. The molecule has 7 heteroatoms. The monoisotopic (exact) mass is 354 g/mol. The zero-order chi connectivity index (χ0) is 18.4. The Kier molecular flexibility index (Phi) is 3.79. The minimum absolute atomic E-state index is 0.186. The first kappa shape index (κ1) is 16.4. The van der Waals surface area contributed by atoms with E-state index in [-0.39, 0.29) is 11.5 Å². The number of pyridine rings is 1. The van der Waals surface area contributed by atoms with E-state index in [2.05, 4.69) is 15.4 Å². The van der Waals surface area contributed by atoms with Gasteiger partial charge >= 0.3 is 0 Å². The highest BCUT2D eigenvalue weighted by molar-refractivity contribution is 5.82. The van der Waals surface area contributed by atoms with Gasteiger partial charge in [-0.05, 0) is 31.2 Å². The van der Waals surface area contributed by atoms with Crippen LogP contribution in [0.25, 0.3) is 28.0 Å². The number of nitrogens with zero attached hydrogens (tertiary/aromatic N) is 4. The molecule has 0 aliphatic carbocycles. The maximum absolute atomic E-state index is 14.3. The Morgan fingerprint density at radius 1 is 1.08 bits per heavy atom. The second kappa shape index (κ2) is 6.01. The first-order chi connectivity index (χ1) is 12.5. The van der Waals surface area contributed by atoms with Crippen LogP contribution in [0.1, 0.15) is 31.4 Å². The second-order valence-electron chi connectivity index (χ2n) is 6.45. The first-order valence-corrected chi connectivity index (χ1v) is 8.22. The van der Waals surface area contributed by atoms with Gasteiger partial charge in [0.2, 0.25) is 0 Å². The maximum Gasteiger partial charge on any atom is 0.160 e. The Bertz CT molecular complexity index is 1110. The van der Waals surface area contributed by atoms with Crippen LogP contribution in [0.4, 0.5) is 8.78 Å². The minimum Gasteiger partial charge on any atom is -0.360 e. The Balaban J connectivity index is 1.93. The summed E-state index contributed by atoms with van der Waals surface area (Å²) in [5, 5.41) is 12.4. The lowest BCUT2D eigenvalue weighted by Gasteiger charge is -2.07. The molecule has 0 spiro atoms. The second-order valence-corrected chi connectivity index (χ2v) is 6.45. The molecule has 0 saturated carbocycles. The Morgan fingerprint density at radius 2 is 1.88 bits per heavy atom. The number of aryl methyl sites for hydroxylation is 1. The predicted molar refractivity (Wildman–Crippen MR) is 92.7 cm³/mol. The Morgan fingerprint density at radius 3 is 2.62 bits per heavy atom. The number of fused-ring (bicyclic) bond motifs is 1. The third-order valence-electron chi connectivity index (χ3n) is 4.28. The molecule has 0 aliphatic heterocycles. The van der Waals surface area contributed by atoms with Gasteiger partial charge < -0.3 is 4.52 Å². The van der Waals surface area contributed by atoms with Crippen molar-refractivity contribution in [2.45, 2.75) is 26.7 Å². The zero-order valence-electron chi connectivity index (χ0n) is 14.5. The van der Waals surface area contributed by atoms with Crippen molar-refractivity contribution in [1.29, 1.82) is 0 Å². The fourth-order valence-corrected chi connectivity index (χ4v) is 3.03. The molecule has 0 bridgehead atoms. The van der Waals surface area contributed by atoms with E-state index in [0.717, 1.165) is 23.1 Å². The number of halogens is 2. The van der Waals surface area contributed by atoms with Crippen molar-refractivity contribution in [3.05, 3.63) is 59.7 Å². The van der Waals surface area contributed by atoms with Crippen molar-refractivity contribution in [1.82, 2.24) is 19.8 Å². The topological polar surface area (TPSA) is 56.2 Å². The highest BCUT2D eigenvalue weighted by Crippen LogP contribution is 2.36. The SMILES string of the molecule is Cc1onc(-c2ccc(F)cc2F)c1-c1ccc2nnc(C(C)C)n2c1. The van der Waals surface area contributed by atoms with Gasteiger partial charge in [-0.1, -0.05) is 19.0 Å². The summed E-state index contributed by atoms with van der Waals surface area (Å²) in [6, 6.07) is 7.10. The molecule has 3 aromatic heterocycles. The molecule has 132 valence electrons. The standard InChI is InChI=1S/C19H16F2N4O/c1-10(2)19-23-22-16-7-4-12(9-25(16)19)17-11(3)26-24-18(17)14-6-5-13(20)8-15(14)21/h4-10H,1-3H3. The van der Waals surface area contributed by atoms with E-state index in [1.807, 2.05) is 36.6 Å². The van der Waals surface area contributed by atoms with Gasteiger partial charge in [0.05, 0.1) is 5.56 Å². The largest absolute Gasteiger partial charge is 0.360 e. The molecule has 4 aromatic rings. The predicted octanol–water partition coefficient (Wildman–Crippen LogP) is 4.76. The number of hydrogen-bond donors (Lipinski definition) is 0. The van der Waals surface area contributed by atoms with E-state index in [0.29, 0.717) is 17.0 Å². The highest BCUT2D eigenvalue weighted by atomic mass is 19.1. The molecule has 0 N–H and O–H groups in total. The van der Waals surface area contributed by atoms with Crippen molar-refractivity contribution in [2.24, 2.45) is 0 Å². The number of hydrogen-bond acceptors (Lipinski definition) is 4. The van der Waals surface area contributed by atoms with Crippen LogP contribution in [0.3, 0.4) is 0 Å². The summed E-state index contributed by atoms with van der Waals surface area (Å²) in [6.07, 6.45) is 1.88. The molecule has 0 saturated heterocycles. The van der Waals surface area contributed by atoms with Gasteiger partial charge in [0.1, 0.15) is 28.9 Å². The molecule has 0 amide bonds. The molecule has 1 aromatic carbocycles. The first-order valence-electron chi connectivity index (χ1n) is 8.22. The smallest absolute Gasteiger partial charge is 0.160 e. The van der Waals surface area contributed by atoms with E-state index >= 15 is 0 Å². The van der Waals surface area contributed by atoms with Crippen molar-refractivity contribution in [3.63, 3.8) is 0 Å². The van der Waals surface area contributed by atoms with Crippen molar-refractivity contribution in [2.75, 3.05) is 0 Å². The maximum atomic E-state index is 14.3. The van der Waals surface area contributed by atoms with Crippen LogP contribution >= 0.6 is 0 Å². The molecule has 0 aliphatic rings. The van der Waals surface area contributed by atoms with E-state index in [9.17, 15) is 8.78 Å². The van der Waals surface area contributed by atoms with Crippen molar-refractivity contribution < 1.29 is 13.3 Å². The molecule has 5 nitrogen and oxygen atoms in total. The number of rotatable bonds is 3. The number of aromatic nitrogens is 4. The van der Waals surface area contributed by atoms with Gasteiger partial charge in [-0.25, -0.2) is 8.78 Å². The molecule has 4 rings (SSSR count). The van der Waals surface area contributed by atoms with Crippen LogP contribution in [0.5, 0.6) is 0 Å². The summed E-state index contributed by atoms with van der Waals surface area (Å²) >= 11 is 0. The van der Waals surface area contributed by atoms with Gasteiger partial charge in [0.25, 0.3) is 0 Å². The average Bonchev–Trinajstić information content (AvgIpc) is 3.18. The molecule has 0 radical (unpaired) electrons. The third-order valence-corrected chi connectivity index (χ3v) is 4.28. The van der Waals surface area contributed by atoms with E-state index < -0.39 is 11.6 Å². The summed E-state index contributed by atoms with van der Waals surface area (Å²) in [5.41, 5.74) is 2.68. The van der Waals surface area contributed by atoms with Crippen LogP contribution in [0, 0.1) is 18.6 Å². The zero-order valence-corrected chi connectivity index (χ0v) is 14.5. The van der Waals surface area contributed by atoms with E-state index in [1.54, 1.807) is 6.92 Å². The normalized spacial score (nSPS) is 11.6. The van der Waals surface area contributed by atoms with E-state index in [1.165, 1.54) is 12.1 Å². The fraction of sp³-hybridized carbons (Fsp3) is 0.211. The van der Waals surface area contributed by atoms with Gasteiger partial charge in [0.15, 0.2) is 5.65 Å². The lowest BCUT2D eigenvalue weighted by molar-refractivity contribution is 0.399. The molecular formula is C19H16F2N4O. The van der Waals surface area contributed by atoms with Crippen LogP contribution in [0.15, 0.2) is 41.1 Å². The molecule has 0 unspecified atom stereocenters. The number of benzene rings is 1. The Hall–Kier alpha value is -3.09. The summed E-state index contributed by atoms with van der Waals surface area (Å²) in [6.45, 7) is 5.83. The summed E-state index contributed by atoms with van der Waals surface area (Å²) < 4.78 is 34.7. The van der Waals surface area contributed by atoms with Crippen LogP contribution < -0.4 is 0 Å². The van der Waals surface area contributed by atoms with Gasteiger partial charge in [0, 0.05) is 29.3 Å². The lowest BCUT2D eigenvalue weighted by atomic mass is 10.0. The van der Waals surface area contributed by atoms with Gasteiger partial charge in [-0.15, -0.1) is 10.2 Å². The average molecular weight is 354 g/mol. The quantitative estimate of drug-likeness (QED) is 0.532. The summed E-state index contributed by atoms with van der Waals surface area (Å²) in [5.74, 6) is 0.235. The summed E-state index contributed by atoms with van der Waals surface area (Å²) in [7, 11) is 0. The van der Waals surface area contributed by atoms with Crippen LogP contribution in [0.2, 0.25) is 0 Å². The molecular weight excluding hydrogens is 338 g/mol. The molecule has 26 heavy (non-hydrogen) atoms. The molecule has 0 fully saturated rings. The van der Waals surface area contributed by atoms with Crippen LogP contribution in [-0.2, 0) is 0 Å². The van der Waals surface area contributed by atoms with Crippen LogP contribution in [-0.4, -0.2) is 19.8 Å². The van der Waals surface area contributed by atoms with Crippen molar-refractivity contribution >= 4 is 5.65 Å². The lowest BCUT2D eigenvalue weighted by Crippen LogP contribution is -1.97. The fourth-order valence-electron chi connectivity index (χ4n) is 3.03. The van der Waals surface area contributed by atoms with Crippen molar-refractivity contribution in [3.8, 4) is 22.4 Å². The Labute approximate surface area is 148 Å².